The summed E-state index contributed by atoms with van der Waals surface area (Å²) in [5, 5.41) is 0. The molecule has 0 atom stereocenters. The van der Waals surface area contributed by atoms with E-state index in [4.69, 9.17) is 11.1 Å². The largest absolute Gasteiger partial charge is 0.234 e. The minimum Gasteiger partial charge on any atom is -0.211 e. The number of unbranched alkanes of at least 4 members (excludes halogenated alkanes) is 17. The van der Waals surface area contributed by atoms with E-state index in [0.29, 0.717) is 6.54 Å². The van der Waals surface area contributed by atoms with Gasteiger partial charge in [0.1, 0.15) is 7.38 Å². The first kappa shape index (κ1) is 26.9. The summed E-state index contributed by atoms with van der Waals surface area (Å²) in [4.78, 5) is 13.5. The zero-order valence-electron chi connectivity index (χ0n) is 18.4. The van der Waals surface area contributed by atoms with Crippen LogP contribution in [0.15, 0.2) is 4.99 Å². The predicted molar refractivity (Wildman–Crippen MR) is 124 cm³/mol. The second-order valence-corrected chi connectivity index (χ2v) is 15.8. The molecule has 2 nitrogen and oxygen atoms in total. The number of halogens is 1. The van der Waals surface area contributed by atoms with E-state index in [2.05, 4.69) is 18.1 Å². The molecule has 0 amide bonds. The maximum absolute atomic E-state index is 9.93. The van der Waals surface area contributed by atoms with Gasteiger partial charge in [0, 0.05) is 0 Å². The van der Waals surface area contributed by atoms with Crippen molar-refractivity contribution < 1.29 is 4.79 Å². The van der Waals surface area contributed by atoms with Gasteiger partial charge in [-0.15, -0.1) is 0 Å². The number of nitrogens with zero attached hydrogens (tertiary/aromatic N) is 1. The lowest BCUT2D eigenvalue weighted by molar-refractivity contribution is 0.525. The Balaban J connectivity index is 3.04. The molecule has 4 heteroatoms. The average Bonchev–Trinajstić information content (AvgIpc) is 2.62. The van der Waals surface area contributed by atoms with Gasteiger partial charge in [-0.2, -0.15) is 11.1 Å². The van der Waals surface area contributed by atoms with Crippen molar-refractivity contribution in [2.75, 3.05) is 6.54 Å². The molecule has 0 aliphatic heterocycles. The summed E-state index contributed by atoms with van der Waals surface area (Å²) in [6, 6.07) is 1.28. The first-order valence-electron chi connectivity index (χ1n) is 11.8. The fourth-order valence-electron chi connectivity index (χ4n) is 3.61. The van der Waals surface area contributed by atoms with Crippen LogP contribution in [0.5, 0.6) is 0 Å². The highest BCUT2D eigenvalue weighted by atomic mass is 35.6. The van der Waals surface area contributed by atoms with Gasteiger partial charge >= 0.3 is 0 Å². The molecule has 0 aromatic carbocycles. The van der Waals surface area contributed by atoms with Crippen LogP contribution in [0.25, 0.3) is 0 Å². The number of aliphatic imine (C=N–C) groups is 1. The van der Waals surface area contributed by atoms with Gasteiger partial charge in [-0.3, -0.25) is 0 Å². The Morgan fingerprint density at radius 2 is 0.889 bits per heavy atom. The van der Waals surface area contributed by atoms with E-state index in [1.807, 2.05) is 0 Å². The van der Waals surface area contributed by atoms with E-state index >= 15 is 0 Å². The van der Waals surface area contributed by atoms with Crippen LogP contribution in [-0.2, 0) is 4.79 Å². The topological polar surface area (TPSA) is 29.4 Å². The summed E-state index contributed by atoms with van der Waals surface area (Å²) >= 11 is 6.35. The number of carbonyl (C=O) groups excluding carboxylic acids is 1. The maximum atomic E-state index is 9.93. The molecule has 0 bridgehead atoms. The van der Waals surface area contributed by atoms with Crippen molar-refractivity contribution in [2.24, 2.45) is 4.99 Å². The molecule has 0 unspecified atom stereocenters. The molecule has 27 heavy (non-hydrogen) atoms. The Bertz CT molecular complexity index is 351. The summed E-state index contributed by atoms with van der Waals surface area (Å²) in [7, 11) is -1.31. The molecule has 0 spiro atoms. The highest BCUT2D eigenvalue weighted by molar-refractivity contribution is 7.19. The van der Waals surface area contributed by atoms with Gasteiger partial charge in [0.15, 0.2) is 0 Å². The highest BCUT2D eigenvalue weighted by Crippen LogP contribution is 2.19. The molecule has 0 fully saturated rings. The van der Waals surface area contributed by atoms with Crippen molar-refractivity contribution >= 4 is 24.5 Å². The van der Waals surface area contributed by atoms with Crippen molar-refractivity contribution in [3.05, 3.63) is 0 Å². The van der Waals surface area contributed by atoms with Gasteiger partial charge in [-0.25, -0.2) is 9.79 Å². The summed E-state index contributed by atoms with van der Waals surface area (Å²) < 4.78 is 0. The Morgan fingerprint density at radius 3 is 1.19 bits per heavy atom. The molecule has 0 aliphatic carbocycles. The highest BCUT2D eigenvalue weighted by Gasteiger charge is 2.15. The van der Waals surface area contributed by atoms with Crippen LogP contribution in [0.2, 0.25) is 19.1 Å². The molecule has 0 saturated carbocycles. The molecule has 160 valence electrons. The van der Waals surface area contributed by atoms with Crippen molar-refractivity contribution in [2.45, 2.75) is 135 Å². The molecule has 0 radical (unpaired) electrons. The Kier molecular flexibility index (Phi) is 20.5. The van der Waals surface area contributed by atoms with Crippen molar-refractivity contribution in [3.63, 3.8) is 0 Å². The lowest BCUT2D eigenvalue weighted by atomic mass is 10.0. The average molecular weight is 416 g/mol. The number of hydrogen-bond acceptors (Lipinski definition) is 2. The summed E-state index contributed by atoms with van der Waals surface area (Å²) in [5.41, 5.74) is 0. The lowest BCUT2D eigenvalue weighted by Crippen LogP contribution is -2.14. The number of rotatable bonds is 21. The molecular formula is C23H46ClNOSi. The summed E-state index contributed by atoms with van der Waals surface area (Å²) in [6.07, 6.45) is 26.3. The third-order valence-corrected chi connectivity index (χ3v) is 7.47. The van der Waals surface area contributed by atoms with Crippen LogP contribution < -0.4 is 0 Å². The smallest absolute Gasteiger partial charge is 0.211 e. The maximum Gasteiger partial charge on any atom is 0.234 e. The number of hydrogen-bond donors (Lipinski definition) is 0. The van der Waals surface area contributed by atoms with Gasteiger partial charge in [0.25, 0.3) is 0 Å². The van der Waals surface area contributed by atoms with Crippen LogP contribution in [0, 0.1) is 0 Å². The van der Waals surface area contributed by atoms with E-state index in [-0.39, 0.29) is 0 Å². The molecule has 0 saturated heterocycles. The molecule has 0 aliphatic rings. The minimum atomic E-state index is -1.31. The molecule has 0 aromatic heterocycles. The standard InChI is InChI=1S/C23H46ClNOSi/c1-27(2,24)22-20-18-16-14-12-10-8-6-4-3-5-7-9-11-13-15-17-19-21-25-23-26/h3-22H2,1-2H3. The van der Waals surface area contributed by atoms with Crippen molar-refractivity contribution in [1.82, 2.24) is 0 Å². The van der Waals surface area contributed by atoms with Crippen molar-refractivity contribution in [1.29, 1.82) is 0 Å². The molecule has 0 heterocycles. The zero-order valence-corrected chi connectivity index (χ0v) is 20.1. The van der Waals surface area contributed by atoms with Crippen molar-refractivity contribution in [3.8, 4) is 0 Å². The summed E-state index contributed by atoms with van der Waals surface area (Å²) in [6.45, 7) is 5.18. The van der Waals surface area contributed by atoms with Crippen LogP contribution in [0.3, 0.4) is 0 Å². The van der Waals surface area contributed by atoms with E-state index < -0.39 is 7.38 Å². The monoisotopic (exact) mass is 415 g/mol. The second-order valence-electron chi connectivity index (χ2n) is 8.81. The molecular weight excluding hydrogens is 370 g/mol. The second kappa shape index (κ2) is 20.6. The molecule has 0 aromatic rings. The normalized spacial score (nSPS) is 11.5. The van der Waals surface area contributed by atoms with Gasteiger partial charge in [0.2, 0.25) is 6.08 Å². The predicted octanol–water partition coefficient (Wildman–Crippen LogP) is 8.79. The fraction of sp³-hybridized carbons (Fsp3) is 0.957. The Morgan fingerprint density at radius 1 is 0.593 bits per heavy atom. The van der Waals surface area contributed by atoms with Crippen LogP contribution in [0.1, 0.15) is 116 Å². The zero-order chi connectivity index (χ0) is 20.1. The SMILES string of the molecule is C[Si](C)(Cl)CCCCCCCCCCCCCCCCCCCCN=C=O. The van der Waals surface area contributed by atoms with Gasteiger partial charge in [-0.1, -0.05) is 122 Å². The van der Waals surface area contributed by atoms with E-state index in [1.54, 1.807) is 6.08 Å². The first-order valence-corrected chi connectivity index (χ1v) is 16.0. The van der Waals surface area contributed by atoms with E-state index in [0.717, 1.165) is 6.42 Å². The Labute approximate surface area is 175 Å². The quantitative estimate of drug-likeness (QED) is 0.0605. The first-order chi connectivity index (χ1) is 13.1. The Hall–Kier alpha value is -0.113. The fourth-order valence-corrected chi connectivity index (χ4v) is 5.10. The molecule has 0 N–H and O–H groups in total. The van der Waals surface area contributed by atoms with Crippen LogP contribution in [-0.4, -0.2) is 20.0 Å². The minimum absolute atomic E-state index is 0.665. The van der Waals surface area contributed by atoms with Gasteiger partial charge in [-0.05, 0) is 12.5 Å². The third-order valence-electron chi connectivity index (χ3n) is 5.36. The van der Waals surface area contributed by atoms with Crippen LogP contribution >= 0.6 is 11.1 Å². The van der Waals surface area contributed by atoms with E-state index in [9.17, 15) is 4.79 Å². The third kappa shape index (κ3) is 25.9. The molecule has 0 rings (SSSR count). The van der Waals surface area contributed by atoms with E-state index in [1.165, 1.54) is 115 Å². The summed E-state index contributed by atoms with van der Waals surface area (Å²) in [5.74, 6) is 0. The van der Waals surface area contributed by atoms with Gasteiger partial charge in [0.05, 0.1) is 6.54 Å². The lowest BCUT2D eigenvalue weighted by Gasteiger charge is -2.11. The van der Waals surface area contributed by atoms with Crippen LogP contribution in [0.4, 0.5) is 0 Å². The number of isocyanates is 1. The van der Waals surface area contributed by atoms with Gasteiger partial charge < -0.3 is 0 Å².